The minimum atomic E-state index is -0.302. The van der Waals surface area contributed by atoms with Crippen LogP contribution in [-0.2, 0) is 11.8 Å². The van der Waals surface area contributed by atoms with Crippen LogP contribution in [0.3, 0.4) is 0 Å². The number of carbonyl (C=O) groups is 1. The number of nitrogens with zero attached hydrogens (tertiary/aromatic N) is 2. The molecule has 0 aliphatic carbocycles. The van der Waals surface area contributed by atoms with Gasteiger partial charge in [0.1, 0.15) is 17.6 Å². The van der Waals surface area contributed by atoms with E-state index in [1.807, 2.05) is 31.2 Å². The average molecular weight is 419 g/mol. The third-order valence-corrected chi connectivity index (χ3v) is 4.31. The Bertz CT molecular complexity index is 1110. The first-order chi connectivity index (χ1) is 15.0. The molecule has 0 fully saturated rings. The predicted molar refractivity (Wildman–Crippen MR) is 119 cm³/mol. The fourth-order valence-electron chi connectivity index (χ4n) is 2.93. The summed E-state index contributed by atoms with van der Waals surface area (Å²) >= 11 is 0. The van der Waals surface area contributed by atoms with Crippen LogP contribution in [0.4, 0.5) is 5.82 Å². The van der Waals surface area contributed by atoms with Crippen molar-refractivity contribution in [3.05, 3.63) is 71.4 Å². The minimum Gasteiger partial charge on any atom is -0.495 e. The Morgan fingerprint density at radius 1 is 1.16 bits per heavy atom. The number of aromatic nitrogens is 2. The summed E-state index contributed by atoms with van der Waals surface area (Å²) < 4.78 is 18.0. The second kappa shape index (κ2) is 10.3. The lowest BCUT2D eigenvalue weighted by molar-refractivity contribution is 0.0917. The van der Waals surface area contributed by atoms with E-state index in [1.165, 1.54) is 0 Å². The van der Waals surface area contributed by atoms with E-state index < -0.39 is 0 Å². The Hall–Kier alpha value is -3.76. The molecule has 0 bridgehead atoms. The van der Waals surface area contributed by atoms with Gasteiger partial charge in [-0.05, 0) is 37.3 Å². The maximum atomic E-state index is 12.8. The van der Waals surface area contributed by atoms with Crippen molar-refractivity contribution in [2.45, 2.75) is 13.0 Å². The van der Waals surface area contributed by atoms with Crippen molar-refractivity contribution in [3.8, 4) is 23.3 Å². The normalized spacial score (nSPS) is 11.2. The van der Waals surface area contributed by atoms with Crippen LogP contribution in [0.15, 0.2) is 54.7 Å². The summed E-state index contributed by atoms with van der Waals surface area (Å²) in [6.07, 6.45) is 1.57. The Balaban J connectivity index is 1.93. The molecule has 0 aliphatic rings. The Labute approximate surface area is 181 Å². The van der Waals surface area contributed by atoms with Gasteiger partial charge in [0.15, 0.2) is 5.82 Å². The van der Waals surface area contributed by atoms with Gasteiger partial charge < -0.3 is 19.5 Å². The van der Waals surface area contributed by atoms with Gasteiger partial charge in [0.25, 0.3) is 5.91 Å². The summed E-state index contributed by atoms with van der Waals surface area (Å²) in [4.78, 5) is 12.8. The summed E-state index contributed by atoms with van der Waals surface area (Å²) in [5.74, 6) is 7.58. The molecule has 160 valence electrons. The van der Waals surface area contributed by atoms with Crippen molar-refractivity contribution in [1.82, 2.24) is 9.78 Å². The van der Waals surface area contributed by atoms with Gasteiger partial charge in [-0.2, -0.15) is 5.10 Å². The van der Waals surface area contributed by atoms with Gasteiger partial charge in [0, 0.05) is 37.5 Å². The average Bonchev–Trinajstić information content (AvgIpc) is 3.16. The number of anilines is 1. The first-order valence-corrected chi connectivity index (χ1v) is 9.75. The zero-order chi connectivity index (χ0) is 22.2. The van der Waals surface area contributed by atoms with Gasteiger partial charge in [0.2, 0.25) is 0 Å². The third kappa shape index (κ3) is 6.11. The molecule has 1 heterocycles. The van der Waals surface area contributed by atoms with Gasteiger partial charge >= 0.3 is 0 Å². The Morgan fingerprint density at radius 2 is 1.97 bits per heavy atom. The molecule has 1 amide bonds. The highest BCUT2D eigenvalue weighted by Gasteiger charge is 2.13. The number of hydrogen-bond acceptors (Lipinski definition) is 5. The molecule has 0 aliphatic heterocycles. The van der Waals surface area contributed by atoms with Crippen LogP contribution >= 0.6 is 0 Å². The Morgan fingerprint density at radius 3 is 2.68 bits per heavy atom. The molecule has 1 N–H and O–H groups in total. The molecule has 0 radical (unpaired) electrons. The van der Waals surface area contributed by atoms with E-state index in [9.17, 15) is 4.79 Å². The fraction of sp³-hybridized carbons (Fsp3) is 0.250. The molecule has 3 aromatic rings. The van der Waals surface area contributed by atoms with E-state index in [4.69, 9.17) is 14.2 Å². The predicted octanol–water partition coefficient (Wildman–Crippen LogP) is 3.49. The molecule has 1 atom stereocenters. The lowest BCUT2D eigenvalue weighted by atomic mass is 10.1. The first kappa shape index (κ1) is 21.9. The smallest absolute Gasteiger partial charge is 0.257 e. The molecule has 31 heavy (non-hydrogen) atoms. The quantitative estimate of drug-likeness (QED) is 0.594. The monoisotopic (exact) mass is 419 g/mol. The highest BCUT2D eigenvalue weighted by molar-refractivity contribution is 6.04. The largest absolute Gasteiger partial charge is 0.495 e. The zero-order valence-corrected chi connectivity index (χ0v) is 18.0. The van der Waals surface area contributed by atoms with E-state index in [0.717, 1.165) is 5.56 Å². The highest BCUT2D eigenvalue weighted by Crippen LogP contribution is 2.21. The molecule has 7 nitrogen and oxygen atoms in total. The standard InChI is InChI=1S/C24H25N3O4/c1-17(16-29-3)31-21-14-18(9-10-19-7-5-6-8-22(19)30-4)13-20(15-21)24(28)25-23-11-12-27(2)26-23/h5-8,11-15,17H,16H2,1-4H3,(H,25,26,28)/t17-/m0/s1. The number of para-hydroxylation sites is 1. The number of hydrogen-bond donors (Lipinski definition) is 1. The van der Waals surface area contributed by atoms with E-state index in [2.05, 4.69) is 22.3 Å². The number of ether oxygens (including phenoxy) is 3. The van der Waals surface area contributed by atoms with Crippen molar-refractivity contribution >= 4 is 11.7 Å². The second-order valence-corrected chi connectivity index (χ2v) is 6.91. The Kier molecular flexibility index (Phi) is 7.31. The van der Waals surface area contributed by atoms with Crippen LogP contribution in [0.1, 0.15) is 28.4 Å². The van der Waals surface area contributed by atoms with Crippen LogP contribution in [-0.4, -0.2) is 42.6 Å². The van der Waals surface area contributed by atoms with Crippen LogP contribution in [0, 0.1) is 11.8 Å². The van der Waals surface area contributed by atoms with Crippen LogP contribution in [0.2, 0.25) is 0 Å². The lowest BCUT2D eigenvalue weighted by Crippen LogP contribution is -2.19. The summed E-state index contributed by atoms with van der Waals surface area (Å²) in [6.45, 7) is 2.32. The molecule has 0 spiro atoms. The molecule has 1 aromatic heterocycles. The molecular weight excluding hydrogens is 394 g/mol. The summed E-state index contributed by atoms with van der Waals surface area (Å²) in [7, 11) is 5.00. The van der Waals surface area contributed by atoms with Gasteiger partial charge in [-0.25, -0.2) is 0 Å². The number of nitrogens with one attached hydrogen (secondary N) is 1. The van der Waals surface area contributed by atoms with Crippen molar-refractivity contribution in [2.24, 2.45) is 7.05 Å². The minimum absolute atomic E-state index is 0.186. The molecule has 0 saturated heterocycles. The number of aryl methyl sites for hydroxylation is 1. The summed E-state index contributed by atoms with van der Waals surface area (Å²) in [5, 5.41) is 6.97. The van der Waals surface area contributed by atoms with E-state index >= 15 is 0 Å². The first-order valence-electron chi connectivity index (χ1n) is 9.75. The number of carbonyl (C=O) groups excluding carboxylic acids is 1. The number of rotatable bonds is 7. The van der Waals surface area contributed by atoms with Gasteiger partial charge in [0.05, 0.1) is 19.3 Å². The highest BCUT2D eigenvalue weighted by atomic mass is 16.5. The van der Waals surface area contributed by atoms with Crippen LogP contribution in [0.5, 0.6) is 11.5 Å². The van der Waals surface area contributed by atoms with Gasteiger partial charge in [-0.1, -0.05) is 24.0 Å². The van der Waals surface area contributed by atoms with Crippen molar-refractivity contribution in [1.29, 1.82) is 0 Å². The number of methoxy groups -OCH3 is 2. The van der Waals surface area contributed by atoms with E-state index in [1.54, 1.807) is 56.4 Å². The van der Waals surface area contributed by atoms with Crippen LogP contribution in [0.25, 0.3) is 0 Å². The molecule has 0 unspecified atom stereocenters. The maximum Gasteiger partial charge on any atom is 0.257 e. The van der Waals surface area contributed by atoms with Crippen LogP contribution < -0.4 is 14.8 Å². The third-order valence-electron chi connectivity index (χ3n) is 4.31. The summed E-state index contributed by atoms with van der Waals surface area (Å²) in [5.41, 5.74) is 1.81. The van der Waals surface area contributed by atoms with Crippen molar-refractivity contribution in [3.63, 3.8) is 0 Å². The summed E-state index contributed by atoms with van der Waals surface area (Å²) in [6, 6.07) is 14.4. The molecule has 0 saturated carbocycles. The molecular formula is C24H25N3O4. The number of amides is 1. The fourth-order valence-corrected chi connectivity index (χ4v) is 2.93. The van der Waals surface area contributed by atoms with Crippen molar-refractivity contribution < 1.29 is 19.0 Å². The van der Waals surface area contributed by atoms with E-state index in [-0.39, 0.29) is 12.0 Å². The SMILES string of the molecule is COC[C@H](C)Oc1cc(C#Cc2ccccc2OC)cc(C(=O)Nc2ccn(C)n2)c1. The van der Waals surface area contributed by atoms with Gasteiger partial charge in [-0.15, -0.1) is 0 Å². The maximum absolute atomic E-state index is 12.8. The zero-order valence-electron chi connectivity index (χ0n) is 18.0. The van der Waals surface area contributed by atoms with Crippen molar-refractivity contribution in [2.75, 3.05) is 26.1 Å². The topological polar surface area (TPSA) is 74.6 Å². The molecule has 7 heteroatoms. The molecule has 3 rings (SSSR count). The lowest BCUT2D eigenvalue weighted by Gasteiger charge is -2.15. The number of benzene rings is 2. The second-order valence-electron chi connectivity index (χ2n) is 6.91. The molecule has 2 aromatic carbocycles. The van der Waals surface area contributed by atoms with Gasteiger partial charge in [-0.3, -0.25) is 9.48 Å². The van der Waals surface area contributed by atoms with E-state index in [0.29, 0.717) is 35.1 Å².